The smallest absolute Gasteiger partial charge is 0.280 e. The van der Waals surface area contributed by atoms with Crippen molar-refractivity contribution in [2.24, 2.45) is 5.16 Å². The van der Waals surface area contributed by atoms with Gasteiger partial charge in [0, 0.05) is 7.05 Å². The normalized spacial score (nSPS) is 11.9. The Balaban J connectivity index is 4.73. The number of ether oxygens (including phenoxy) is 1. The Morgan fingerprint density at radius 3 is 2.29 bits per heavy atom. The number of amides is 1. The summed E-state index contributed by atoms with van der Waals surface area (Å²) < 4.78 is 5.40. The molecule has 2 N–H and O–H groups in total. The standard InChI is InChI=1S/C11H19N3O3/c1-7(13-16)9(12)10(15)14(6)8(2)17-11(3,4)5/h12,16H,2H2,1,3-6H3/b12-9?,13-7-. The molecule has 96 valence electrons. The molecule has 17 heavy (non-hydrogen) atoms. The summed E-state index contributed by atoms with van der Waals surface area (Å²) in [6, 6.07) is 0. The van der Waals surface area contributed by atoms with Crippen molar-refractivity contribution in [3.63, 3.8) is 0 Å². The lowest BCUT2D eigenvalue weighted by molar-refractivity contribution is -0.125. The van der Waals surface area contributed by atoms with Crippen LogP contribution in [-0.2, 0) is 9.53 Å². The minimum absolute atomic E-state index is 0.0644. The SMILES string of the molecule is C=C(OC(C)(C)C)N(C)C(=O)C(=N)/C(C)=N\O. The molecule has 0 heterocycles. The molecular formula is C11H19N3O3. The summed E-state index contributed by atoms with van der Waals surface area (Å²) in [6.45, 7) is 10.4. The maximum absolute atomic E-state index is 11.7. The van der Waals surface area contributed by atoms with E-state index in [0.29, 0.717) is 0 Å². The summed E-state index contributed by atoms with van der Waals surface area (Å²) in [5, 5.41) is 18.8. The van der Waals surface area contributed by atoms with E-state index in [1.165, 1.54) is 14.0 Å². The van der Waals surface area contributed by atoms with Gasteiger partial charge in [0.1, 0.15) is 17.0 Å². The number of hydrogen-bond acceptors (Lipinski definition) is 5. The monoisotopic (exact) mass is 241 g/mol. The third kappa shape index (κ3) is 4.67. The Kier molecular flexibility index (Phi) is 4.87. The molecule has 1 amide bonds. The van der Waals surface area contributed by atoms with E-state index >= 15 is 0 Å². The molecule has 6 nitrogen and oxygen atoms in total. The molecule has 0 aromatic heterocycles. The maximum Gasteiger partial charge on any atom is 0.280 e. The first-order valence-corrected chi connectivity index (χ1v) is 5.03. The van der Waals surface area contributed by atoms with Gasteiger partial charge in [-0.05, 0) is 34.3 Å². The Labute approximate surface area is 101 Å². The molecule has 0 aliphatic rings. The van der Waals surface area contributed by atoms with E-state index in [4.69, 9.17) is 15.4 Å². The second-order valence-electron chi connectivity index (χ2n) is 4.53. The van der Waals surface area contributed by atoms with E-state index in [1.807, 2.05) is 20.8 Å². The Bertz CT molecular complexity index is 367. The molecule has 0 atom stereocenters. The van der Waals surface area contributed by atoms with Crippen molar-refractivity contribution in [1.82, 2.24) is 4.90 Å². The fourth-order valence-corrected chi connectivity index (χ4v) is 0.908. The van der Waals surface area contributed by atoms with Gasteiger partial charge >= 0.3 is 0 Å². The van der Waals surface area contributed by atoms with Gasteiger partial charge in [0.25, 0.3) is 5.91 Å². The molecule has 0 bridgehead atoms. The first-order chi connectivity index (χ1) is 7.60. The molecule has 0 aromatic carbocycles. The highest BCUT2D eigenvalue weighted by Crippen LogP contribution is 2.14. The zero-order valence-corrected chi connectivity index (χ0v) is 10.9. The van der Waals surface area contributed by atoms with Crippen LogP contribution < -0.4 is 0 Å². The van der Waals surface area contributed by atoms with Gasteiger partial charge in [-0.3, -0.25) is 15.1 Å². The molecular weight excluding hydrogens is 222 g/mol. The lowest BCUT2D eigenvalue weighted by Gasteiger charge is -2.27. The van der Waals surface area contributed by atoms with Crippen LogP contribution in [0.15, 0.2) is 17.6 Å². The summed E-state index contributed by atoms with van der Waals surface area (Å²) in [5.74, 6) is -0.507. The minimum Gasteiger partial charge on any atom is -0.473 e. The number of nitrogens with zero attached hydrogens (tertiary/aromatic N) is 2. The summed E-state index contributed by atoms with van der Waals surface area (Å²) in [7, 11) is 1.44. The maximum atomic E-state index is 11.7. The summed E-state index contributed by atoms with van der Waals surface area (Å²) >= 11 is 0. The zero-order valence-electron chi connectivity index (χ0n) is 10.9. The second kappa shape index (κ2) is 5.47. The van der Waals surface area contributed by atoms with Crippen molar-refractivity contribution < 1.29 is 14.7 Å². The van der Waals surface area contributed by atoms with E-state index in [-0.39, 0.29) is 11.6 Å². The summed E-state index contributed by atoms with van der Waals surface area (Å²) in [5.41, 5.74) is -0.951. The second-order valence-corrected chi connectivity index (χ2v) is 4.53. The van der Waals surface area contributed by atoms with E-state index in [1.54, 1.807) is 0 Å². The Hall–Kier alpha value is -1.85. The molecule has 0 aliphatic heterocycles. The van der Waals surface area contributed by atoms with Crippen molar-refractivity contribution >= 4 is 17.3 Å². The molecule has 0 fully saturated rings. The van der Waals surface area contributed by atoms with Crippen LogP contribution in [0.25, 0.3) is 0 Å². The molecule has 0 radical (unpaired) electrons. The van der Waals surface area contributed by atoms with Gasteiger partial charge in [0.05, 0.1) is 0 Å². The van der Waals surface area contributed by atoms with E-state index in [0.717, 1.165) is 4.90 Å². The van der Waals surface area contributed by atoms with Gasteiger partial charge in [-0.15, -0.1) is 0 Å². The number of rotatable bonds is 4. The molecule has 0 unspecified atom stereocenters. The topological polar surface area (TPSA) is 86.0 Å². The van der Waals surface area contributed by atoms with Crippen LogP contribution in [0.1, 0.15) is 27.7 Å². The largest absolute Gasteiger partial charge is 0.473 e. The van der Waals surface area contributed by atoms with Gasteiger partial charge in [-0.25, -0.2) is 0 Å². The van der Waals surface area contributed by atoms with Gasteiger partial charge in [-0.1, -0.05) is 5.16 Å². The van der Waals surface area contributed by atoms with Crippen LogP contribution in [0.4, 0.5) is 0 Å². The number of carbonyl (C=O) groups excluding carboxylic acids is 1. The van der Waals surface area contributed by atoms with Crippen LogP contribution in [0.2, 0.25) is 0 Å². The lowest BCUT2D eigenvalue weighted by Crippen LogP contribution is -2.37. The highest BCUT2D eigenvalue weighted by molar-refractivity contribution is 6.65. The van der Waals surface area contributed by atoms with E-state index in [2.05, 4.69) is 11.7 Å². The average Bonchev–Trinajstić information content (AvgIpc) is 2.22. The number of nitrogens with one attached hydrogen (secondary N) is 1. The van der Waals surface area contributed by atoms with Crippen LogP contribution in [0, 0.1) is 5.41 Å². The number of oxime groups is 1. The quantitative estimate of drug-likeness (QED) is 0.339. The van der Waals surface area contributed by atoms with E-state index in [9.17, 15) is 4.79 Å². The number of carbonyl (C=O) groups is 1. The zero-order chi connectivity index (χ0) is 13.8. The van der Waals surface area contributed by atoms with E-state index < -0.39 is 17.2 Å². The predicted molar refractivity (Wildman–Crippen MR) is 65.4 cm³/mol. The molecule has 0 aliphatic carbocycles. The predicted octanol–water partition coefficient (Wildman–Crippen LogP) is 1.60. The first-order valence-electron chi connectivity index (χ1n) is 5.03. The van der Waals surface area contributed by atoms with Crippen molar-refractivity contribution in [2.75, 3.05) is 7.05 Å². The first kappa shape index (κ1) is 15.2. The van der Waals surface area contributed by atoms with Crippen LogP contribution in [0.5, 0.6) is 0 Å². The fraction of sp³-hybridized carbons (Fsp3) is 0.545. The average molecular weight is 241 g/mol. The molecule has 0 saturated heterocycles. The third-order valence-corrected chi connectivity index (χ3v) is 1.83. The summed E-state index contributed by atoms with van der Waals surface area (Å²) in [6.07, 6.45) is 0. The summed E-state index contributed by atoms with van der Waals surface area (Å²) in [4.78, 5) is 12.8. The van der Waals surface area contributed by atoms with Crippen molar-refractivity contribution in [3.8, 4) is 0 Å². The van der Waals surface area contributed by atoms with Crippen LogP contribution in [-0.4, -0.2) is 40.1 Å². The number of hydrogen-bond donors (Lipinski definition) is 2. The Morgan fingerprint density at radius 2 is 1.94 bits per heavy atom. The molecule has 6 heteroatoms. The van der Waals surface area contributed by atoms with Crippen LogP contribution >= 0.6 is 0 Å². The van der Waals surface area contributed by atoms with Crippen molar-refractivity contribution in [3.05, 3.63) is 12.5 Å². The highest BCUT2D eigenvalue weighted by atomic mass is 16.5. The van der Waals surface area contributed by atoms with Crippen molar-refractivity contribution in [2.45, 2.75) is 33.3 Å². The fourth-order valence-electron chi connectivity index (χ4n) is 0.908. The molecule has 0 aromatic rings. The molecule has 0 spiro atoms. The van der Waals surface area contributed by atoms with Gasteiger partial charge in [-0.2, -0.15) is 0 Å². The van der Waals surface area contributed by atoms with Crippen LogP contribution in [0.3, 0.4) is 0 Å². The lowest BCUT2D eigenvalue weighted by atomic mass is 10.2. The third-order valence-electron chi connectivity index (χ3n) is 1.83. The molecule has 0 rings (SSSR count). The minimum atomic E-state index is -0.644. The Morgan fingerprint density at radius 1 is 1.47 bits per heavy atom. The highest BCUT2D eigenvalue weighted by Gasteiger charge is 2.23. The van der Waals surface area contributed by atoms with Gasteiger partial charge < -0.3 is 9.94 Å². The van der Waals surface area contributed by atoms with Gasteiger partial charge in [0.15, 0.2) is 5.88 Å². The van der Waals surface area contributed by atoms with Crippen molar-refractivity contribution in [1.29, 1.82) is 5.41 Å². The molecule has 0 saturated carbocycles. The van der Waals surface area contributed by atoms with Gasteiger partial charge in [0.2, 0.25) is 0 Å².